The first-order chi connectivity index (χ1) is 13.0. The number of rotatable bonds is 8. The van der Waals surface area contributed by atoms with Gasteiger partial charge in [-0.2, -0.15) is 0 Å². The van der Waals surface area contributed by atoms with E-state index >= 15 is 0 Å². The van der Waals surface area contributed by atoms with Crippen molar-refractivity contribution < 1.29 is 14.3 Å². The maximum absolute atomic E-state index is 12.1. The maximum atomic E-state index is 12.1. The lowest BCUT2D eigenvalue weighted by atomic mass is 10.1. The third kappa shape index (κ3) is 6.00. The Balaban J connectivity index is 1.41. The van der Waals surface area contributed by atoms with Gasteiger partial charge < -0.3 is 15.4 Å². The Kier molecular flexibility index (Phi) is 6.35. The monoisotopic (exact) mass is 386 g/mol. The van der Waals surface area contributed by atoms with E-state index in [0.717, 1.165) is 24.1 Å². The van der Waals surface area contributed by atoms with Gasteiger partial charge in [0.1, 0.15) is 5.75 Å². The van der Waals surface area contributed by atoms with E-state index in [0.29, 0.717) is 17.4 Å². The Morgan fingerprint density at radius 3 is 2.41 bits per heavy atom. The summed E-state index contributed by atoms with van der Waals surface area (Å²) >= 11 is 5.82. The van der Waals surface area contributed by atoms with Crippen LogP contribution in [-0.4, -0.2) is 18.4 Å². The van der Waals surface area contributed by atoms with Crippen LogP contribution in [0, 0.1) is 5.92 Å². The molecule has 1 atom stereocenters. The highest BCUT2D eigenvalue weighted by Gasteiger charge is 2.29. The first-order valence-corrected chi connectivity index (χ1v) is 9.47. The molecule has 0 radical (unpaired) electrons. The molecule has 2 aromatic carbocycles. The molecule has 1 aliphatic rings. The summed E-state index contributed by atoms with van der Waals surface area (Å²) in [6, 6.07) is 14.5. The van der Waals surface area contributed by atoms with E-state index < -0.39 is 0 Å². The van der Waals surface area contributed by atoms with Crippen molar-refractivity contribution in [2.24, 2.45) is 5.92 Å². The van der Waals surface area contributed by atoms with Crippen LogP contribution >= 0.6 is 11.6 Å². The van der Waals surface area contributed by atoms with Crippen molar-refractivity contribution >= 4 is 29.1 Å². The molecule has 2 aromatic rings. The molecule has 0 heterocycles. The second kappa shape index (κ2) is 8.91. The summed E-state index contributed by atoms with van der Waals surface area (Å²) in [5.41, 5.74) is 1.76. The van der Waals surface area contributed by atoms with Crippen LogP contribution in [0.3, 0.4) is 0 Å². The number of anilines is 1. The van der Waals surface area contributed by atoms with Crippen molar-refractivity contribution in [2.75, 3.05) is 11.9 Å². The molecule has 0 bridgehead atoms. The van der Waals surface area contributed by atoms with Gasteiger partial charge in [0.05, 0.1) is 19.1 Å². The molecule has 2 amide bonds. The topological polar surface area (TPSA) is 67.4 Å². The summed E-state index contributed by atoms with van der Waals surface area (Å²) < 4.78 is 5.54. The second-order valence-electron chi connectivity index (χ2n) is 6.73. The van der Waals surface area contributed by atoms with Crippen LogP contribution in [0.4, 0.5) is 5.69 Å². The van der Waals surface area contributed by atoms with Crippen LogP contribution in [0.5, 0.6) is 5.75 Å². The van der Waals surface area contributed by atoms with Crippen molar-refractivity contribution in [3.8, 4) is 5.75 Å². The van der Waals surface area contributed by atoms with E-state index in [2.05, 4.69) is 10.6 Å². The molecule has 1 saturated carbocycles. The number of benzene rings is 2. The number of carbonyl (C=O) groups excluding carboxylic acids is 2. The minimum Gasteiger partial charge on any atom is -0.493 e. The van der Waals surface area contributed by atoms with Gasteiger partial charge in [0, 0.05) is 16.6 Å². The normalized spacial score (nSPS) is 14.3. The van der Waals surface area contributed by atoms with E-state index in [-0.39, 0.29) is 30.2 Å². The molecule has 1 aliphatic carbocycles. The molecular formula is C21H23ClN2O3. The summed E-state index contributed by atoms with van der Waals surface area (Å²) in [6.45, 7) is 2.22. The fourth-order valence-corrected chi connectivity index (χ4v) is 2.76. The van der Waals surface area contributed by atoms with E-state index in [9.17, 15) is 9.59 Å². The van der Waals surface area contributed by atoms with Gasteiger partial charge in [0.2, 0.25) is 11.8 Å². The quantitative estimate of drug-likeness (QED) is 0.709. The van der Waals surface area contributed by atoms with Gasteiger partial charge in [-0.3, -0.25) is 9.59 Å². The average molecular weight is 387 g/mol. The van der Waals surface area contributed by atoms with E-state index in [1.807, 2.05) is 31.2 Å². The molecule has 6 heteroatoms. The van der Waals surface area contributed by atoms with Gasteiger partial charge >= 0.3 is 0 Å². The molecule has 1 unspecified atom stereocenters. The highest BCUT2D eigenvalue weighted by atomic mass is 35.5. The number of halogens is 1. The van der Waals surface area contributed by atoms with Crippen molar-refractivity contribution in [3.63, 3.8) is 0 Å². The summed E-state index contributed by atoms with van der Waals surface area (Å²) in [5.74, 6) is 0.870. The summed E-state index contributed by atoms with van der Waals surface area (Å²) in [5, 5.41) is 6.50. The highest BCUT2D eigenvalue weighted by molar-refractivity contribution is 6.30. The lowest BCUT2D eigenvalue weighted by Gasteiger charge is -2.15. The van der Waals surface area contributed by atoms with Crippen LogP contribution in [0.25, 0.3) is 0 Å². The minimum absolute atomic E-state index is 0.0809. The Hall–Kier alpha value is -2.53. The first kappa shape index (κ1) is 19.2. The van der Waals surface area contributed by atoms with Gasteiger partial charge in [-0.15, -0.1) is 0 Å². The highest BCUT2D eigenvalue weighted by Crippen LogP contribution is 2.30. The second-order valence-corrected chi connectivity index (χ2v) is 7.16. The molecular weight excluding hydrogens is 364 g/mol. The standard InChI is InChI=1S/C21H23ClN2O3/c1-14(15-4-8-18(9-5-15)24-21(26)16-2-3-16)23-20(25)12-13-27-19-10-6-17(22)7-11-19/h4-11,14,16H,2-3,12-13H2,1H3,(H,23,25)(H,24,26). The smallest absolute Gasteiger partial charge is 0.227 e. The lowest BCUT2D eigenvalue weighted by molar-refractivity contribution is -0.122. The number of nitrogens with one attached hydrogen (secondary N) is 2. The predicted molar refractivity (Wildman–Crippen MR) is 106 cm³/mol. The Bertz CT molecular complexity index is 786. The van der Waals surface area contributed by atoms with Gasteiger partial charge in [-0.1, -0.05) is 23.7 Å². The molecule has 0 spiro atoms. The number of amides is 2. The number of carbonyl (C=O) groups is 2. The first-order valence-electron chi connectivity index (χ1n) is 9.10. The van der Waals surface area contributed by atoms with Crippen LogP contribution in [0.1, 0.15) is 37.8 Å². The fraction of sp³-hybridized carbons (Fsp3) is 0.333. The van der Waals surface area contributed by atoms with Crippen molar-refractivity contribution in [3.05, 3.63) is 59.1 Å². The van der Waals surface area contributed by atoms with E-state index in [1.165, 1.54) is 0 Å². The molecule has 5 nitrogen and oxygen atoms in total. The molecule has 3 rings (SSSR count). The lowest BCUT2D eigenvalue weighted by Crippen LogP contribution is -2.27. The Morgan fingerprint density at radius 2 is 1.78 bits per heavy atom. The van der Waals surface area contributed by atoms with Crippen LogP contribution in [-0.2, 0) is 9.59 Å². The summed E-state index contributed by atoms with van der Waals surface area (Å²) in [7, 11) is 0. The van der Waals surface area contributed by atoms with Crippen LogP contribution in [0.15, 0.2) is 48.5 Å². The largest absolute Gasteiger partial charge is 0.493 e. The van der Waals surface area contributed by atoms with Gasteiger partial charge in [-0.25, -0.2) is 0 Å². The average Bonchev–Trinajstić information content (AvgIpc) is 3.49. The third-order valence-corrected chi connectivity index (χ3v) is 4.67. The molecule has 1 fully saturated rings. The maximum Gasteiger partial charge on any atom is 0.227 e. The van der Waals surface area contributed by atoms with Gasteiger partial charge in [0.15, 0.2) is 0 Å². The van der Waals surface area contributed by atoms with Crippen molar-refractivity contribution in [2.45, 2.75) is 32.2 Å². The van der Waals surface area contributed by atoms with Crippen LogP contribution in [0.2, 0.25) is 5.02 Å². The van der Waals surface area contributed by atoms with Crippen LogP contribution < -0.4 is 15.4 Å². The molecule has 0 aromatic heterocycles. The Labute approximate surface area is 164 Å². The Morgan fingerprint density at radius 1 is 1.11 bits per heavy atom. The fourth-order valence-electron chi connectivity index (χ4n) is 2.63. The van der Waals surface area contributed by atoms with Gasteiger partial charge in [-0.05, 0) is 61.7 Å². The summed E-state index contributed by atoms with van der Waals surface area (Å²) in [4.78, 5) is 23.9. The summed E-state index contributed by atoms with van der Waals surface area (Å²) in [6.07, 6.45) is 2.23. The van der Waals surface area contributed by atoms with E-state index in [1.54, 1.807) is 24.3 Å². The minimum atomic E-state index is -0.124. The third-order valence-electron chi connectivity index (χ3n) is 4.42. The zero-order valence-electron chi connectivity index (χ0n) is 15.2. The molecule has 0 saturated heterocycles. The zero-order chi connectivity index (χ0) is 19.2. The molecule has 2 N–H and O–H groups in total. The van der Waals surface area contributed by atoms with Crippen molar-refractivity contribution in [1.29, 1.82) is 0 Å². The SMILES string of the molecule is CC(NC(=O)CCOc1ccc(Cl)cc1)c1ccc(NC(=O)C2CC2)cc1. The van der Waals surface area contributed by atoms with Crippen molar-refractivity contribution in [1.82, 2.24) is 5.32 Å². The molecule has 142 valence electrons. The van der Waals surface area contributed by atoms with Gasteiger partial charge in [0.25, 0.3) is 0 Å². The number of hydrogen-bond donors (Lipinski definition) is 2. The molecule has 27 heavy (non-hydrogen) atoms. The predicted octanol–water partition coefficient (Wildman–Crippen LogP) is 4.33. The molecule has 0 aliphatic heterocycles. The number of hydrogen-bond acceptors (Lipinski definition) is 3. The number of ether oxygens (including phenoxy) is 1. The zero-order valence-corrected chi connectivity index (χ0v) is 16.0. The van der Waals surface area contributed by atoms with E-state index in [4.69, 9.17) is 16.3 Å².